The molecule has 11 nitrogen and oxygen atoms in total. The highest BCUT2D eigenvalue weighted by molar-refractivity contribution is 7.80. The molecule has 24 heavy (non-hydrogen) atoms. The Kier molecular flexibility index (Phi) is 4.66. The van der Waals surface area contributed by atoms with Gasteiger partial charge in [-0.2, -0.15) is 13.5 Å². The summed E-state index contributed by atoms with van der Waals surface area (Å²) in [6.07, 6.45) is 2.43. The van der Waals surface area contributed by atoms with Crippen LogP contribution in [-0.2, 0) is 19.5 Å². The number of carbonyl (C=O) groups excluding carboxylic acids is 2. The van der Waals surface area contributed by atoms with Crippen LogP contribution in [0.1, 0.15) is 25.7 Å². The van der Waals surface area contributed by atoms with E-state index < -0.39 is 34.4 Å². The Morgan fingerprint density at radius 1 is 1.38 bits per heavy atom. The first kappa shape index (κ1) is 17.4. The van der Waals surface area contributed by atoms with E-state index in [9.17, 15) is 23.2 Å². The second-order valence-electron chi connectivity index (χ2n) is 6.22. The Balaban J connectivity index is 1.65. The van der Waals surface area contributed by atoms with Gasteiger partial charge in [-0.3, -0.25) is 14.6 Å². The fourth-order valence-corrected chi connectivity index (χ4v) is 3.86. The van der Waals surface area contributed by atoms with Gasteiger partial charge in [-0.25, -0.2) is 9.86 Å². The summed E-state index contributed by atoms with van der Waals surface area (Å²) in [7, 11) is -4.82. The highest BCUT2D eigenvalue weighted by atomic mass is 32.3. The molecule has 12 heteroatoms. The summed E-state index contributed by atoms with van der Waals surface area (Å²) in [5.74, 6) is -0.607. The monoisotopic (exact) mass is 364 g/mol. The Morgan fingerprint density at radius 3 is 2.75 bits per heavy atom. The molecular weight excluding hydrogens is 344 g/mol. The molecule has 0 aliphatic carbocycles. The van der Waals surface area contributed by atoms with Crippen LogP contribution in [0.4, 0.5) is 4.79 Å². The largest absolute Gasteiger partial charge is 0.418 e. The average molecular weight is 364 g/mol. The van der Waals surface area contributed by atoms with Crippen molar-refractivity contribution in [2.45, 2.75) is 43.8 Å². The number of fused-ring (bicyclic) bond motifs is 2. The summed E-state index contributed by atoms with van der Waals surface area (Å²) in [4.78, 5) is 25.8. The van der Waals surface area contributed by atoms with Gasteiger partial charge >= 0.3 is 16.4 Å². The van der Waals surface area contributed by atoms with E-state index in [4.69, 9.17) is 4.55 Å². The first-order valence-electron chi connectivity index (χ1n) is 7.77. The van der Waals surface area contributed by atoms with Gasteiger partial charge in [0.05, 0.1) is 12.6 Å². The molecule has 3 saturated heterocycles. The van der Waals surface area contributed by atoms with E-state index in [2.05, 4.69) is 9.60 Å². The van der Waals surface area contributed by atoms with Crippen LogP contribution in [0, 0.1) is 0 Å². The second kappa shape index (κ2) is 6.44. The van der Waals surface area contributed by atoms with Crippen LogP contribution in [0.3, 0.4) is 0 Å². The third-order valence-electron chi connectivity index (χ3n) is 4.59. The van der Waals surface area contributed by atoms with E-state index in [1.54, 1.807) is 0 Å². The van der Waals surface area contributed by atoms with Gasteiger partial charge in [0, 0.05) is 12.6 Å². The van der Waals surface area contributed by atoms with Crippen molar-refractivity contribution in [1.82, 2.24) is 20.3 Å². The molecule has 0 radical (unpaired) electrons. The molecule has 3 rings (SSSR count). The van der Waals surface area contributed by atoms with E-state index in [0.29, 0.717) is 16.5 Å². The van der Waals surface area contributed by atoms with Crippen molar-refractivity contribution >= 4 is 22.3 Å². The number of nitrogens with zero attached hydrogens (tertiary/aromatic N) is 3. The number of hydrogen-bond acceptors (Lipinski definition) is 7. The van der Waals surface area contributed by atoms with E-state index in [0.717, 1.165) is 24.3 Å². The van der Waals surface area contributed by atoms with Gasteiger partial charge in [0.1, 0.15) is 6.04 Å². The number of rotatable bonds is 5. The van der Waals surface area contributed by atoms with Crippen LogP contribution >= 0.6 is 0 Å². The Morgan fingerprint density at radius 2 is 2.12 bits per heavy atom. The zero-order chi connectivity index (χ0) is 17.5. The van der Waals surface area contributed by atoms with Crippen molar-refractivity contribution in [2.75, 3.05) is 19.6 Å². The van der Waals surface area contributed by atoms with E-state index in [-0.39, 0.29) is 25.6 Å². The summed E-state index contributed by atoms with van der Waals surface area (Å²) in [5, 5.41) is 14.4. The highest BCUT2D eigenvalue weighted by Gasteiger charge is 2.50. The SMILES string of the molecule is O=C([C@@H]1CC[C@@H]2CN1C(=O)N2OS(=O)(=O)O)N(O)C[C@@H]1CCCN1. The molecule has 0 aromatic heterocycles. The Bertz CT molecular complexity index is 621. The predicted octanol–water partition coefficient (Wildman–Crippen LogP) is -1.04. The lowest BCUT2D eigenvalue weighted by Crippen LogP contribution is -2.52. The van der Waals surface area contributed by atoms with Crippen molar-refractivity contribution in [3.05, 3.63) is 0 Å². The third kappa shape index (κ3) is 3.47. The van der Waals surface area contributed by atoms with Crippen molar-refractivity contribution in [3.8, 4) is 0 Å². The summed E-state index contributed by atoms with van der Waals surface area (Å²) in [5.41, 5.74) is 0. The van der Waals surface area contributed by atoms with Gasteiger partial charge in [0.2, 0.25) is 0 Å². The van der Waals surface area contributed by atoms with Gasteiger partial charge < -0.3 is 10.2 Å². The lowest BCUT2D eigenvalue weighted by atomic mass is 10.00. The maximum atomic E-state index is 12.4. The van der Waals surface area contributed by atoms with Crippen LogP contribution in [0.5, 0.6) is 0 Å². The first-order valence-corrected chi connectivity index (χ1v) is 9.13. The highest BCUT2D eigenvalue weighted by Crippen LogP contribution is 2.31. The van der Waals surface area contributed by atoms with Crippen LogP contribution < -0.4 is 5.32 Å². The molecule has 2 bridgehead atoms. The molecule has 3 aliphatic rings. The molecule has 136 valence electrons. The molecule has 3 atom stereocenters. The van der Waals surface area contributed by atoms with Gasteiger partial charge in [0.25, 0.3) is 5.91 Å². The smallest absolute Gasteiger partial charge is 0.312 e. The van der Waals surface area contributed by atoms with Gasteiger partial charge in [-0.15, -0.1) is 4.28 Å². The lowest BCUT2D eigenvalue weighted by Gasteiger charge is -2.32. The number of piperidine rings is 1. The van der Waals surface area contributed by atoms with E-state index in [1.807, 2.05) is 0 Å². The summed E-state index contributed by atoms with van der Waals surface area (Å²) >= 11 is 0. The number of carbonyl (C=O) groups is 2. The maximum absolute atomic E-state index is 12.4. The number of urea groups is 1. The minimum atomic E-state index is -4.82. The molecule has 0 spiro atoms. The zero-order valence-electron chi connectivity index (χ0n) is 12.9. The van der Waals surface area contributed by atoms with Crippen molar-refractivity contribution < 1.29 is 32.1 Å². The molecule has 0 unspecified atom stereocenters. The van der Waals surface area contributed by atoms with Crippen molar-refractivity contribution in [2.24, 2.45) is 0 Å². The molecule has 3 heterocycles. The van der Waals surface area contributed by atoms with Crippen LogP contribution in [0.2, 0.25) is 0 Å². The average Bonchev–Trinajstić information content (AvgIpc) is 3.09. The summed E-state index contributed by atoms with van der Waals surface area (Å²) < 4.78 is 34.7. The van der Waals surface area contributed by atoms with Crippen LogP contribution in [0.25, 0.3) is 0 Å². The molecule has 0 saturated carbocycles. The standard InChI is InChI=1S/C12H20N4O7S/c17-11(15(19)6-8-2-1-5-13-8)10-4-3-9-7-14(10)12(18)16(9)23-24(20,21)22/h8-10,13,19H,1-7H2,(H,20,21,22)/t8-,9+,10-/m0/s1. The van der Waals surface area contributed by atoms with Gasteiger partial charge in [0.15, 0.2) is 0 Å². The minimum absolute atomic E-state index is 0.0175. The van der Waals surface area contributed by atoms with Crippen molar-refractivity contribution in [3.63, 3.8) is 0 Å². The topological polar surface area (TPSA) is 140 Å². The molecule has 3 amide bonds. The van der Waals surface area contributed by atoms with Gasteiger partial charge in [-0.1, -0.05) is 0 Å². The Labute approximate surface area is 139 Å². The number of hydrogen-bond donors (Lipinski definition) is 3. The van der Waals surface area contributed by atoms with Crippen LogP contribution in [0.15, 0.2) is 0 Å². The maximum Gasteiger partial charge on any atom is 0.418 e. The molecule has 3 N–H and O–H groups in total. The molecule has 3 aliphatic heterocycles. The minimum Gasteiger partial charge on any atom is -0.312 e. The Hall–Kier alpha value is -1.47. The fraction of sp³-hybridized carbons (Fsp3) is 0.833. The quantitative estimate of drug-likeness (QED) is 0.319. The molecule has 3 fully saturated rings. The number of hydroxylamine groups is 4. The number of amides is 3. The molecular formula is C12H20N4O7S. The van der Waals surface area contributed by atoms with Crippen LogP contribution in [-0.4, -0.2) is 82.9 Å². The fourth-order valence-electron chi connectivity index (χ4n) is 3.47. The second-order valence-corrected chi connectivity index (χ2v) is 7.23. The van der Waals surface area contributed by atoms with Crippen molar-refractivity contribution in [1.29, 1.82) is 0 Å². The lowest BCUT2D eigenvalue weighted by molar-refractivity contribution is -0.172. The first-order chi connectivity index (χ1) is 11.3. The summed E-state index contributed by atoms with van der Waals surface area (Å²) in [6.45, 7) is 1.07. The predicted molar refractivity (Wildman–Crippen MR) is 77.9 cm³/mol. The summed E-state index contributed by atoms with van der Waals surface area (Å²) in [6, 6.07) is -2.24. The zero-order valence-corrected chi connectivity index (χ0v) is 13.7. The molecule has 0 aromatic carbocycles. The third-order valence-corrected chi connectivity index (χ3v) is 4.94. The van der Waals surface area contributed by atoms with Gasteiger partial charge in [-0.05, 0) is 32.2 Å². The van der Waals surface area contributed by atoms with E-state index in [1.165, 1.54) is 0 Å². The normalized spacial score (nSPS) is 30.1. The molecule has 0 aromatic rings. The van der Waals surface area contributed by atoms with E-state index >= 15 is 0 Å². The number of nitrogens with one attached hydrogen (secondary N) is 1.